The molecule has 0 bridgehead atoms. The molecule has 0 aromatic carbocycles. The number of hydrogen-bond donors (Lipinski definition) is 2. The first-order valence-electron chi connectivity index (χ1n) is 7.27. The van der Waals surface area contributed by atoms with E-state index in [2.05, 4.69) is 15.3 Å². The van der Waals surface area contributed by atoms with Crippen molar-refractivity contribution in [3.8, 4) is 0 Å². The maximum absolute atomic E-state index is 11.8. The number of amides is 1. The summed E-state index contributed by atoms with van der Waals surface area (Å²) in [7, 11) is 0. The molecular formula is C14H20N4O3. The molecule has 2 aliphatic rings. The molecular weight excluding hydrogens is 272 g/mol. The van der Waals surface area contributed by atoms with Gasteiger partial charge in [-0.15, -0.1) is 0 Å². The number of carbonyl (C=O) groups is 1. The molecule has 7 heteroatoms. The number of anilines is 1. The van der Waals surface area contributed by atoms with Crippen LogP contribution in [0, 0.1) is 0 Å². The summed E-state index contributed by atoms with van der Waals surface area (Å²) >= 11 is 0. The van der Waals surface area contributed by atoms with Crippen molar-refractivity contribution in [2.24, 2.45) is 0 Å². The Balaban J connectivity index is 1.56. The number of hydrogen-bond acceptors (Lipinski definition) is 6. The molecule has 2 N–H and O–H groups in total. The number of carbonyl (C=O) groups excluding carboxylic acids is 1. The van der Waals surface area contributed by atoms with Gasteiger partial charge in [0.1, 0.15) is 0 Å². The molecule has 7 nitrogen and oxygen atoms in total. The Kier molecular flexibility index (Phi) is 4.03. The molecule has 3 rings (SSSR count). The van der Waals surface area contributed by atoms with Gasteiger partial charge in [-0.1, -0.05) is 0 Å². The van der Waals surface area contributed by atoms with E-state index in [0.717, 1.165) is 12.8 Å². The van der Waals surface area contributed by atoms with E-state index in [4.69, 9.17) is 9.84 Å². The zero-order valence-corrected chi connectivity index (χ0v) is 11.9. The molecule has 3 heterocycles. The first-order valence-corrected chi connectivity index (χ1v) is 7.27. The number of aliphatic hydroxyl groups is 1. The van der Waals surface area contributed by atoms with Gasteiger partial charge >= 0.3 is 0 Å². The average Bonchev–Trinajstić information content (AvgIpc) is 3.08. The zero-order valence-electron chi connectivity index (χ0n) is 11.9. The van der Waals surface area contributed by atoms with Crippen LogP contribution >= 0.6 is 0 Å². The molecule has 0 saturated carbocycles. The lowest BCUT2D eigenvalue weighted by molar-refractivity contribution is -0.131. The van der Waals surface area contributed by atoms with Crippen molar-refractivity contribution in [2.75, 3.05) is 31.6 Å². The van der Waals surface area contributed by atoms with Gasteiger partial charge in [0.05, 0.1) is 24.9 Å². The molecule has 2 aliphatic heterocycles. The standard InChI is InChI=1S/C14H20N4O3/c19-7-2-12(20)18-6-3-14(10-18)8-11(9-21-14)17-13-15-4-1-5-16-13/h1,4-5,11,19H,2-3,6-10H2,(H,15,16,17)/t11-,14+/m0/s1. The van der Waals surface area contributed by atoms with Crippen LogP contribution in [0.15, 0.2) is 18.5 Å². The van der Waals surface area contributed by atoms with Crippen LogP contribution < -0.4 is 5.32 Å². The summed E-state index contributed by atoms with van der Waals surface area (Å²) in [4.78, 5) is 21.9. The second-order valence-corrected chi connectivity index (χ2v) is 5.65. The molecule has 2 saturated heterocycles. The normalized spacial score (nSPS) is 28.2. The molecule has 1 aromatic rings. The predicted molar refractivity (Wildman–Crippen MR) is 75.6 cm³/mol. The van der Waals surface area contributed by atoms with Crippen LogP contribution in [-0.4, -0.2) is 63.8 Å². The molecule has 114 valence electrons. The Morgan fingerprint density at radius 2 is 2.33 bits per heavy atom. The van der Waals surface area contributed by atoms with Crippen LogP contribution in [0.25, 0.3) is 0 Å². The van der Waals surface area contributed by atoms with E-state index in [0.29, 0.717) is 25.6 Å². The molecule has 2 fully saturated rings. The Bertz CT molecular complexity index is 498. The van der Waals surface area contributed by atoms with E-state index in [9.17, 15) is 4.79 Å². The third-order valence-electron chi connectivity index (χ3n) is 4.10. The van der Waals surface area contributed by atoms with Gasteiger partial charge in [0, 0.05) is 38.3 Å². The smallest absolute Gasteiger partial charge is 0.224 e. The fourth-order valence-electron chi connectivity index (χ4n) is 3.09. The van der Waals surface area contributed by atoms with Crippen molar-refractivity contribution in [1.29, 1.82) is 0 Å². The number of nitrogens with zero attached hydrogens (tertiary/aromatic N) is 3. The quantitative estimate of drug-likeness (QED) is 0.814. The molecule has 1 spiro atoms. The Morgan fingerprint density at radius 1 is 1.52 bits per heavy atom. The van der Waals surface area contributed by atoms with Crippen LogP contribution in [0.4, 0.5) is 5.95 Å². The van der Waals surface area contributed by atoms with Crippen molar-refractivity contribution in [3.05, 3.63) is 18.5 Å². The van der Waals surface area contributed by atoms with E-state index in [1.165, 1.54) is 0 Å². The van der Waals surface area contributed by atoms with Gasteiger partial charge in [-0.05, 0) is 12.5 Å². The minimum atomic E-state index is -0.252. The molecule has 21 heavy (non-hydrogen) atoms. The van der Waals surface area contributed by atoms with Gasteiger partial charge in [-0.25, -0.2) is 9.97 Å². The highest BCUT2D eigenvalue weighted by atomic mass is 16.5. The van der Waals surface area contributed by atoms with Crippen molar-refractivity contribution in [3.63, 3.8) is 0 Å². The fourth-order valence-corrected chi connectivity index (χ4v) is 3.09. The van der Waals surface area contributed by atoms with E-state index in [1.807, 2.05) is 0 Å². The molecule has 1 aromatic heterocycles. The lowest BCUT2D eigenvalue weighted by atomic mass is 9.97. The molecule has 1 amide bonds. The van der Waals surface area contributed by atoms with Crippen LogP contribution in [0.1, 0.15) is 19.3 Å². The first kappa shape index (κ1) is 14.2. The third kappa shape index (κ3) is 3.14. The van der Waals surface area contributed by atoms with Crippen LogP contribution in [0.3, 0.4) is 0 Å². The first-order chi connectivity index (χ1) is 10.2. The molecule has 2 atom stereocenters. The summed E-state index contributed by atoms with van der Waals surface area (Å²) in [6, 6.07) is 1.94. The highest BCUT2D eigenvalue weighted by Gasteiger charge is 2.46. The minimum absolute atomic E-state index is 0.000719. The van der Waals surface area contributed by atoms with Crippen molar-refractivity contribution >= 4 is 11.9 Å². The van der Waals surface area contributed by atoms with E-state index >= 15 is 0 Å². The number of likely N-dealkylation sites (tertiary alicyclic amines) is 1. The average molecular weight is 292 g/mol. The minimum Gasteiger partial charge on any atom is -0.396 e. The number of nitrogens with one attached hydrogen (secondary N) is 1. The van der Waals surface area contributed by atoms with Gasteiger partial charge in [0.15, 0.2) is 0 Å². The second-order valence-electron chi connectivity index (χ2n) is 5.65. The van der Waals surface area contributed by atoms with E-state index in [-0.39, 0.29) is 30.6 Å². The lowest BCUT2D eigenvalue weighted by Gasteiger charge is -2.23. The third-order valence-corrected chi connectivity index (χ3v) is 4.10. The zero-order chi connectivity index (χ0) is 14.7. The summed E-state index contributed by atoms with van der Waals surface area (Å²) in [5.41, 5.74) is -0.252. The highest BCUT2D eigenvalue weighted by Crippen LogP contribution is 2.36. The van der Waals surface area contributed by atoms with Gasteiger partial charge in [0.25, 0.3) is 0 Å². The van der Waals surface area contributed by atoms with Gasteiger partial charge < -0.3 is 20.1 Å². The van der Waals surface area contributed by atoms with Crippen LogP contribution in [0.5, 0.6) is 0 Å². The Hall–Kier alpha value is -1.73. The van der Waals surface area contributed by atoms with Crippen molar-refractivity contribution in [1.82, 2.24) is 14.9 Å². The second kappa shape index (κ2) is 5.95. The van der Waals surface area contributed by atoms with Gasteiger partial charge in [-0.2, -0.15) is 0 Å². The maximum atomic E-state index is 11.8. The van der Waals surface area contributed by atoms with Gasteiger partial charge in [-0.3, -0.25) is 4.79 Å². The van der Waals surface area contributed by atoms with Crippen molar-refractivity contribution < 1.29 is 14.6 Å². The van der Waals surface area contributed by atoms with Crippen LogP contribution in [-0.2, 0) is 9.53 Å². The molecule has 0 radical (unpaired) electrons. The lowest BCUT2D eigenvalue weighted by Crippen LogP contribution is -2.36. The number of rotatable bonds is 4. The number of ether oxygens (including phenoxy) is 1. The largest absolute Gasteiger partial charge is 0.396 e. The number of aliphatic hydroxyl groups excluding tert-OH is 1. The van der Waals surface area contributed by atoms with E-state index < -0.39 is 0 Å². The topological polar surface area (TPSA) is 87.6 Å². The molecule has 0 aliphatic carbocycles. The summed E-state index contributed by atoms with van der Waals surface area (Å²) < 4.78 is 5.97. The maximum Gasteiger partial charge on any atom is 0.224 e. The Labute approximate surface area is 123 Å². The summed E-state index contributed by atoms with van der Waals surface area (Å²) in [5, 5.41) is 12.1. The monoisotopic (exact) mass is 292 g/mol. The Morgan fingerprint density at radius 3 is 3.10 bits per heavy atom. The summed E-state index contributed by atoms with van der Waals surface area (Å²) in [6.07, 6.45) is 5.28. The summed E-state index contributed by atoms with van der Waals surface area (Å²) in [6.45, 7) is 1.81. The van der Waals surface area contributed by atoms with E-state index in [1.54, 1.807) is 23.4 Å². The SMILES string of the molecule is O=C(CCO)N1CC[C@@]2(C[C@H](Nc3ncccn3)CO2)C1. The van der Waals surface area contributed by atoms with Gasteiger partial charge in [0.2, 0.25) is 11.9 Å². The summed E-state index contributed by atoms with van der Waals surface area (Å²) in [5.74, 6) is 0.607. The predicted octanol–water partition coefficient (Wildman–Crippen LogP) is 0.0309. The fraction of sp³-hybridized carbons (Fsp3) is 0.643. The molecule has 0 unspecified atom stereocenters. The van der Waals surface area contributed by atoms with Crippen molar-refractivity contribution in [2.45, 2.75) is 30.9 Å². The van der Waals surface area contributed by atoms with Crippen LogP contribution in [0.2, 0.25) is 0 Å². The number of aromatic nitrogens is 2. The highest BCUT2D eigenvalue weighted by molar-refractivity contribution is 5.76.